The van der Waals surface area contributed by atoms with Crippen LogP contribution in [0.5, 0.6) is 0 Å². The van der Waals surface area contributed by atoms with Gasteiger partial charge in [0.1, 0.15) is 5.82 Å². The molecule has 0 amide bonds. The van der Waals surface area contributed by atoms with Gasteiger partial charge in [0.2, 0.25) is 0 Å². The molecule has 20 heavy (non-hydrogen) atoms. The number of halogens is 2. The quantitative estimate of drug-likeness (QED) is 0.649. The summed E-state index contributed by atoms with van der Waals surface area (Å²) in [7, 11) is 1.92. The highest BCUT2D eigenvalue weighted by Gasteiger charge is 2.13. The minimum Gasteiger partial charge on any atom is -0.327 e. The van der Waals surface area contributed by atoms with E-state index in [1.165, 1.54) is 0 Å². The van der Waals surface area contributed by atoms with Gasteiger partial charge in [-0.25, -0.2) is 4.98 Å². The van der Waals surface area contributed by atoms with Gasteiger partial charge in [-0.05, 0) is 36.4 Å². The molecule has 0 aliphatic rings. The Kier molecular flexibility index (Phi) is 3.25. The van der Waals surface area contributed by atoms with Crippen LogP contribution in [0.15, 0.2) is 40.9 Å². The lowest BCUT2D eigenvalue weighted by molar-refractivity contribution is 0.959. The number of nitrogens with zero attached hydrogens (tertiary/aromatic N) is 3. The van der Waals surface area contributed by atoms with Crippen LogP contribution in [0.1, 0.15) is 5.56 Å². The zero-order valence-electron chi connectivity index (χ0n) is 10.6. The third-order valence-corrected chi connectivity index (χ3v) is 4.00. The van der Waals surface area contributed by atoms with Gasteiger partial charge in [0, 0.05) is 17.1 Å². The summed E-state index contributed by atoms with van der Waals surface area (Å²) in [5.41, 5.74) is 3.23. The first-order valence-corrected chi connectivity index (χ1v) is 7.09. The normalized spacial score (nSPS) is 10.7. The molecule has 5 heteroatoms. The van der Waals surface area contributed by atoms with Crippen molar-refractivity contribution in [1.82, 2.24) is 9.55 Å². The Hall–Kier alpha value is -1.83. The van der Waals surface area contributed by atoms with Gasteiger partial charge in [0.25, 0.3) is 0 Å². The summed E-state index contributed by atoms with van der Waals surface area (Å²) in [6.07, 6.45) is 0. The smallest absolute Gasteiger partial charge is 0.142 e. The van der Waals surface area contributed by atoms with Crippen molar-refractivity contribution < 1.29 is 0 Å². The van der Waals surface area contributed by atoms with Crippen LogP contribution in [0.3, 0.4) is 0 Å². The maximum Gasteiger partial charge on any atom is 0.142 e. The van der Waals surface area contributed by atoms with Crippen LogP contribution in [0.4, 0.5) is 0 Å². The Bertz CT molecular complexity index is 861. The van der Waals surface area contributed by atoms with Crippen molar-refractivity contribution in [1.29, 1.82) is 5.26 Å². The second kappa shape index (κ2) is 4.93. The SMILES string of the molecule is Cn1c(-c2cc(Br)ccc2Cl)nc2ccc(C#N)cc21. The molecule has 3 aromatic rings. The van der Waals surface area contributed by atoms with Gasteiger partial charge in [-0.3, -0.25) is 0 Å². The van der Waals surface area contributed by atoms with E-state index in [9.17, 15) is 0 Å². The third-order valence-electron chi connectivity index (χ3n) is 3.18. The summed E-state index contributed by atoms with van der Waals surface area (Å²) in [6.45, 7) is 0. The summed E-state index contributed by atoms with van der Waals surface area (Å²) in [5.74, 6) is 0.779. The highest BCUT2D eigenvalue weighted by Crippen LogP contribution is 2.32. The van der Waals surface area contributed by atoms with Crippen molar-refractivity contribution in [3.63, 3.8) is 0 Å². The predicted octanol–water partition coefficient (Wildman–Crippen LogP) is 4.53. The lowest BCUT2D eigenvalue weighted by Gasteiger charge is -2.05. The molecule has 3 rings (SSSR count). The number of hydrogen-bond acceptors (Lipinski definition) is 2. The van der Waals surface area contributed by atoms with Gasteiger partial charge in [0.05, 0.1) is 27.7 Å². The van der Waals surface area contributed by atoms with Crippen LogP contribution in [-0.4, -0.2) is 9.55 Å². The fourth-order valence-electron chi connectivity index (χ4n) is 2.17. The van der Waals surface area contributed by atoms with Crippen molar-refractivity contribution in [2.45, 2.75) is 0 Å². The molecule has 98 valence electrons. The number of hydrogen-bond donors (Lipinski definition) is 0. The van der Waals surface area contributed by atoms with Crippen LogP contribution in [0.2, 0.25) is 5.02 Å². The Labute approximate surface area is 129 Å². The molecule has 0 saturated carbocycles. The molecule has 0 spiro atoms. The molecular formula is C15H9BrClN3. The second-order valence-corrected chi connectivity index (χ2v) is 5.76. The van der Waals surface area contributed by atoms with Gasteiger partial charge < -0.3 is 4.57 Å². The molecule has 0 aliphatic carbocycles. The van der Waals surface area contributed by atoms with E-state index in [1.54, 1.807) is 6.07 Å². The molecular weight excluding hydrogens is 338 g/mol. The molecule has 1 aromatic heterocycles. The Morgan fingerprint density at radius 1 is 1.25 bits per heavy atom. The average Bonchev–Trinajstić information content (AvgIpc) is 2.78. The molecule has 0 unspecified atom stereocenters. The second-order valence-electron chi connectivity index (χ2n) is 4.43. The summed E-state index contributed by atoms with van der Waals surface area (Å²) >= 11 is 9.71. The summed E-state index contributed by atoms with van der Waals surface area (Å²) in [6, 6.07) is 13.3. The number of benzene rings is 2. The minimum absolute atomic E-state index is 0.618. The first kappa shape index (κ1) is 13.2. The van der Waals surface area contributed by atoms with Gasteiger partial charge in [-0.1, -0.05) is 27.5 Å². The third kappa shape index (κ3) is 2.09. The largest absolute Gasteiger partial charge is 0.327 e. The number of aryl methyl sites for hydroxylation is 1. The van der Waals surface area contributed by atoms with Crippen LogP contribution >= 0.6 is 27.5 Å². The monoisotopic (exact) mass is 345 g/mol. The minimum atomic E-state index is 0.618. The fourth-order valence-corrected chi connectivity index (χ4v) is 2.73. The molecule has 0 fully saturated rings. The first-order valence-electron chi connectivity index (χ1n) is 5.92. The van der Waals surface area contributed by atoms with Crippen LogP contribution in [-0.2, 0) is 7.05 Å². The number of rotatable bonds is 1. The number of nitriles is 1. The highest BCUT2D eigenvalue weighted by atomic mass is 79.9. The molecule has 0 saturated heterocycles. The van der Waals surface area contributed by atoms with E-state index >= 15 is 0 Å². The highest BCUT2D eigenvalue weighted by molar-refractivity contribution is 9.10. The summed E-state index contributed by atoms with van der Waals surface area (Å²) in [4.78, 5) is 4.61. The zero-order valence-corrected chi connectivity index (χ0v) is 12.9. The lowest BCUT2D eigenvalue weighted by Crippen LogP contribution is -1.93. The van der Waals surface area contributed by atoms with E-state index in [2.05, 4.69) is 27.0 Å². The number of fused-ring (bicyclic) bond motifs is 1. The van der Waals surface area contributed by atoms with Crippen LogP contribution < -0.4 is 0 Å². The Morgan fingerprint density at radius 2 is 2.05 bits per heavy atom. The number of imidazole rings is 1. The molecule has 0 aliphatic heterocycles. The van der Waals surface area contributed by atoms with Gasteiger partial charge in [-0.2, -0.15) is 5.26 Å². The lowest BCUT2D eigenvalue weighted by atomic mass is 10.2. The van der Waals surface area contributed by atoms with E-state index < -0.39 is 0 Å². The Balaban J connectivity index is 2.30. The van der Waals surface area contributed by atoms with Gasteiger partial charge in [-0.15, -0.1) is 0 Å². The van der Waals surface area contributed by atoms with Gasteiger partial charge in [0.15, 0.2) is 0 Å². The maximum absolute atomic E-state index is 8.99. The average molecular weight is 347 g/mol. The van der Waals surface area contributed by atoms with Gasteiger partial charge >= 0.3 is 0 Å². The van der Waals surface area contributed by atoms with Crippen LogP contribution in [0, 0.1) is 11.3 Å². The molecule has 0 atom stereocenters. The molecule has 0 bridgehead atoms. The zero-order chi connectivity index (χ0) is 14.3. The molecule has 0 radical (unpaired) electrons. The van der Waals surface area contributed by atoms with E-state index in [0.29, 0.717) is 10.6 Å². The standard InChI is InChI=1S/C15H9BrClN3/c1-20-14-6-9(8-18)2-5-13(14)19-15(20)11-7-10(16)3-4-12(11)17/h2-7H,1H3. The maximum atomic E-state index is 8.99. The van der Waals surface area contributed by atoms with E-state index in [0.717, 1.165) is 26.9 Å². The fraction of sp³-hybridized carbons (Fsp3) is 0.0667. The molecule has 3 nitrogen and oxygen atoms in total. The topological polar surface area (TPSA) is 41.6 Å². The summed E-state index contributed by atoms with van der Waals surface area (Å²) in [5, 5.41) is 9.63. The van der Waals surface area contributed by atoms with E-state index in [4.69, 9.17) is 16.9 Å². The summed E-state index contributed by atoms with van der Waals surface area (Å²) < 4.78 is 2.89. The molecule has 0 N–H and O–H groups in total. The van der Waals surface area contributed by atoms with Crippen molar-refractivity contribution in [3.05, 3.63) is 51.5 Å². The van der Waals surface area contributed by atoms with Crippen molar-refractivity contribution in [3.8, 4) is 17.5 Å². The van der Waals surface area contributed by atoms with Crippen LogP contribution in [0.25, 0.3) is 22.4 Å². The van der Waals surface area contributed by atoms with E-state index in [-0.39, 0.29) is 0 Å². The van der Waals surface area contributed by atoms with Crippen molar-refractivity contribution in [2.75, 3.05) is 0 Å². The number of aromatic nitrogens is 2. The molecule has 1 heterocycles. The first-order chi connectivity index (χ1) is 9.60. The van der Waals surface area contributed by atoms with Crippen molar-refractivity contribution in [2.24, 2.45) is 7.05 Å². The molecule has 2 aromatic carbocycles. The predicted molar refractivity (Wildman–Crippen MR) is 83.6 cm³/mol. The van der Waals surface area contributed by atoms with Crippen molar-refractivity contribution >= 4 is 38.6 Å². The Morgan fingerprint density at radius 3 is 2.80 bits per heavy atom. The van der Waals surface area contributed by atoms with E-state index in [1.807, 2.05) is 41.9 Å².